The van der Waals surface area contributed by atoms with Crippen LogP contribution in [0.15, 0.2) is 36.7 Å². The molecule has 21 heavy (non-hydrogen) atoms. The predicted molar refractivity (Wildman–Crippen MR) is 83.4 cm³/mol. The van der Waals surface area contributed by atoms with E-state index in [0.29, 0.717) is 0 Å². The zero-order chi connectivity index (χ0) is 14.7. The van der Waals surface area contributed by atoms with Crippen molar-refractivity contribution in [2.75, 3.05) is 6.61 Å². The Labute approximate surface area is 129 Å². The van der Waals surface area contributed by atoms with Crippen LogP contribution in [-0.4, -0.2) is 17.6 Å². The van der Waals surface area contributed by atoms with Crippen molar-refractivity contribution in [1.82, 2.24) is 10.4 Å². The molecule has 1 aromatic heterocycles. The highest BCUT2D eigenvalue weighted by Gasteiger charge is 2.20. The number of nitrogens with one attached hydrogen (secondary N) is 1. The second-order valence-electron chi connectivity index (χ2n) is 5.28. The van der Waals surface area contributed by atoms with Crippen LogP contribution in [0, 0.1) is 0 Å². The number of fused-ring (bicyclic) bond motifs is 1. The van der Waals surface area contributed by atoms with Crippen LogP contribution < -0.4 is 16.0 Å². The number of rotatable bonds is 5. The summed E-state index contributed by atoms with van der Waals surface area (Å²) in [5, 5.41) is 0.756. The summed E-state index contributed by atoms with van der Waals surface area (Å²) in [7, 11) is 0. The van der Waals surface area contributed by atoms with Crippen molar-refractivity contribution in [2.45, 2.75) is 25.3 Å². The topological polar surface area (TPSA) is 60.2 Å². The van der Waals surface area contributed by atoms with Gasteiger partial charge in [0, 0.05) is 29.9 Å². The first-order chi connectivity index (χ1) is 10.3. The second kappa shape index (κ2) is 6.43. The molecule has 0 saturated carbocycles. The number of benzene rings is 1. The van der Waals surface area contributed by atoms with Gasteiger partial charge in [-0.15, -0.1) is 0 Å². The number of halogens is 1. The molecule has 0 bridgehead atoms. The Morgan fingerprint density at radius 1 is 1.38 bits per heavy atom. The predicted octanol–water partition coefficient (Wildman–Crippen LogP) is 2.29. The van der Waals surface area contributed by atoms with E-state index in [1.54, 1.807) is 6.20 Å². The summed E-state index contributed by atoms with van der Waals surface area (Å²) < 4.78 is 5.74. The number of hydrogen-bond acceptors (Lipinski definition) is 4. The molecule has 1 aliphatic rings. The van der Waals surface area contributed by atoms with Crippen molar-refractivity contribution in [1.29, 1.82) is 0 Å². The molecular weight excluding hydrogens is 286 g/mol. The summed E-state index contributed by atoms with van der Waals surface area (Å²) in [4.78, 5) is 4.14. The van der Waals surface area contributed by atoms with E-state index in [1.165, 1.54) is 5.56 Å². The Morgan fingerprint density at radius 2 is 2.29 bits per heavy atom. The molecule has 0 amide bonds. The third-order valence-electron chi connectivity index (χ3n) is 3.73. The van der Waals surface area contributed by atoms with Gasteiger partial charge in [-0.25, -0.2) is 0 Å². The van der Waals surface area contributed by atoms with E-state index < -0.39 is 0 Å². The summed E-state index contributed by atoms with van der Waals surface area (Å²) in [6, 6.07) is 8.05. The molecule has 1 atom stereocenters. The molecule has 0 spiro atoms. The van der Waals surface area contributed by atoms with E-state index in [1.807, 2.05) is 24.4 Å². The number of hydrogen-bond donors (Lipinski definition) is 2. The van der Waals surface area contributed by atoms with Gasteiger partial charge < -0.3 is 4.74 Å². The average Bonchev–Trinajstić information content (AvgIpc) is 2.96. The van der Waals surface area contributed by atoms with E-state index >= 15 is 0 Å². The number of nitrogens with two attached hydrogens (primary N) is 1. The lowest BCUT2D eigenvalue weighted by Crippen LogP contribution is -2.38. The Morgan fingerprint density at radius 3 is 3.05 bits per heavy atom. The Hall–Kier alpha value is -1.62. The number of nitrogens with zero attached hydrogens (tertiary/aromatic N) is 1. The Kier molecular flexibility index (Phi) is 4.39. The molecule has 0 saturated heterocycles. The minimum atomic E-state index is 0.112. The van der Waals surface area contributed by atoms with E-state index in [9.17, 15) is 0 Å². The minimum Gasteiger partial charge on any atom is -0.493 e. The molecule has 5 heteroatoms. The van der Waals surface area contributed by atoms with Crippen molar-refractivity contribution >= 4 is 11.6 Å². The molecule has 110 valence electrons. The fourth-order valence-corrected chi connectivity index (χ4v) is 3.02. The van der Waals surface area contributed by atoms with Gasteiger partial charge in [-0.2, -0.15) is 0 Å². The lowest BCUT2D eigenvalue weighted by Gasteiger charge is -2.18. The highest BCUT2D eigenvalue weighted by atomic mass is 35.5. The zero-order valence-electron chi connectivity index (χ0n) is 11.7. The first-order valence-electron chi connectivity index (χ1n) is 7.05. The van der Waals surface area contributed by atoms with Gasteiger partial charge in [-0.05, 0) is 47.7 Å². The molecule has 1 aliphatic heterocycles. The van der Waals surface area contributed by atoms with E-state index in [0.717, 1.165) is 47.8 Å². The number of aromatic nitrogens is 1. The molecule has 0 fully saturated rings. The molecule has 0 radical (unpaired) electrons. The molecule has 0 aliphatic carbocycles. The highest BCUT2D eigenvalue weighted by molar-refractivity contribution is 6.30. The fourth-order valence-electron chi connectivity index (χ4n) is 2.76. The number of pyridine rings is 1. The van der Waals surface area contributed by atoms with Crippen molar-refractivity contribution in [3.05, 3.63) is 58.4 Å². The van der Waals surface area contributed by atoms with Gasteiger partial charge >= 0.3 is 0 Å². The van der Waals surface area contributed by atoms with Crippen LogP contribution in [0.2, 0.25) is 5.02 Å². The van der Waals surface area contributed by atoms with Crippen LogP contribution in [0.5, 0.6) is 5.75 Å². The molecule has 2 aromatic rings. The average molecular weight is 304 g/mol. The van der Waals surface area contributed by atoms with E-state index in [2.05, 4.69) is 16.5 Å². The van der Waals surface area contributed by atoms with Gasteiger partial charge in [-0.3, -0.25) is 16.3 Å². The smallest absolute Gasteiger partial charge is 0.125 e. The Balaban J connectivity index is 1.78. The molecular formula is C16H18ClN3O. The molecule has 2 heterocycles. The van der Waals surface area contributed by atoms with Gasteiger partial charge in [0.25, 0.3) is 0 Å². The molecule has 4 nitrogen and oxygen atoms in total. The first-order valence-corrected chi connectivity index (χ1v) is 7.43. The van der Waals surface area contributed by atoms with Crippen LogP contribution >= 0.6 is 11.6 Å². The maximum absolute atomic E-state index is 6.20. The lowest BCUT2D eigenvalue weighted by atomic mass is 9.98. The first kappa shape index (κ1) is 14.3. The van der Waals surface area contributed by atoms with Crippen LogP contribution in [0.25, 0.3) is 0 Å². The quantitative estimate of drug-likeness (QED) is 0.657. The third-order valence-corrected chi connectivity index (χ3v) is 3.95. The molecule has 1 aromatic carbocycles. The van der Waals surface area contributed by atoms with Crippen LogP contribution in [0.4, 0.5) is 0 Å². The van der Waals surface area contributed by atoms with Gasteiger partial charge in [0.05, 0.1) is 6.61 Å². The third kappa shape index (κ3) is 3.35. The monoisotopic (exact) mass is 303 g/mol. The van der Waals surface area contributed by atoms with Crippen molar-refractivity contribution in [3.8, 4) is 5.75 Å². The normalized spacial score (nSPS) is 14.6. The summed E-state index contributed by atoms with van der Waals surface area (Å²) in [6.07, 6.45) is 6.14. The number of hydrazine groups is 1. The van der Waals surface area contributed by atoms with Crippen molar-refractivity contribution in [2.24, 2.45) is 5.84 Å². The Bertz CT molecular complexity index is 618. The maximum Gasteiger partial charge on any atom is 0.125 e. The molecule has 3 N–H and O–H groups in total. The van der Waals surface area contributed by atoms with Crippen LogP contribution in [-0.2, 0) is 19.3 Å². The van der Waals surface area contributed by atoms with Crippen LogP contribution in [0.3, 0.4) is 0 Å². The molecule has 3 rings (SSSR count). The van der Waals surface area contributed by atoms with E-state index in [4.69, 9.17) is 22.2 Å². The standard InChI is InChI=1S/C16H18ClN3O/c17-14-7-12-3-5-21-16(12)13(8-14)9-15(20-18)6-11-2-1-4-19-10-11/h1-2,4,7-8,10,15,20H,3,5-6,9,18H2. The van der Waals surface area contributed by atoms with Gasteiger partial charge in [0.2, 0.25) is 0 Å². The van der Waals surface area contributed by atoms with Crippen molar-refractivity contribution < 1.29 is 4.74 Å². The van der Waals surface area contributed by atoms with Crippen molar-refractivity contribution in [3.63, 3.8) is 0 Å². The summed E-state index contributed by atoms with van der Waals surface area (Å²) >= 11 is 6.20. The SMILES string of the molecule is NNC(Cc1cccnc1)Cc1cc(Cl)cc2c1OCC2. The molecule has 1 unspecified atom stereocenters. The minimum absolute atomic E-state index is 0.112. The summed E-state index contributed by atoms with van der Waals surface area (Å²) in [5.74, 6) is 6.69. The fraction of sp³-hybridized carbons (Fsp3) is 0.312. The highest BCUT2D eigenvalue weighted by Crippen LogP contribution is 2.33. The van der Waals surface area contributed by atoms with Gasteiger partial charge in [0.1, 0.15) is 5.75 Å². The summed E-state index contributed by atoms with van der Waals surface area (Å²) in [6.45, 7) is 0.728. The lowest BCUT2D eigenvalue weighted by molar-refractivity contribution is 0.351. The number of ether oxygens (including phenoxy) is 1. The zero-order valence-corrected chi connectivity index (χ0v) is 12.4. The van der Waals surface area contributed by atoms with E-state index in [-0.39, 0.29) is 6.04 Å². The largest absolute Gasteiger partial charge is 0.493 e. The van der Waals surface area contributed by atoms with Gasteiger partial charge in [-0.1, -0.05) is 17.7 Å². The van der Waals surface area contributed by atoms with Crippen LogP contribution in [0.1, 0.15) is 16.7 Å². The second-order valence-corrected chi connectivity index (χ2v) is 5.72. The van der Waals surface area contributed by atoms with Gasteiger partial charge in [0.15, 0.2) is 0 Å². The maximum atomic E-state index is 6.20. The summed E-state index contributed by atoms with van der Waals surface area (Å²) in [5.41, 5.74) is 6.34.